The number of rotatable bonds is 5. The molecule has 16 heavy (non-hydrogen) atoms. The fourth-order valence-corrected chi connectivity index (χ4v) is 1.91. The zero-order chi connectivity index (χ0) is 13.0. The molecule has 1 unspecified atom stereocenters. The predicted octanol–water partition coefficient (Wildman–Crippen LogP) is 3.13. The van der Waals surface area contributed by atoms with Gasteiger partial charge in [-0.1, -0.05) is 27.4 Å². The van der Waals surface area contributed by atoms with E-state index in [-0.39, 0.29) is 11.1 Å². The Kier molecular flexibility index (Phi) is 5.42. The van der Waals surface area contributed by atoms with E-state index in [9.17, 15) is 4.79 Å². The highest BCUT2D eigenvalue weighted by Crippen LogP contribution is 2.36. The van der Waals surface area contributed by atoms with Gasteiger partial charge >= 0.3 is 5.97 Å². The molecule has 0 amide bonds. The first kappa shape index (κ1) is 15.4. The van der Waals surface area contributed by atoms with Gasteiger partial charge in [-0.3, -0.25) is 0 Å². The number of carbonyl (C=O) groups excluding carboxylic acids is 1. The van der Waals surface area contributed by atoms with Crippen LogP contribution >= 0.6 is 0 Å². The van der Waals surface area contributed by atoms with Crippen LogP contribution in [0, 0.1) is 0 Å². The smallest absolute Gasteiger partial charge is 0.330 e. The van der Waals surface area contributed by atoms with Crippen molar-refractivity contribution in [3.8, 4) is 0 Å². The Morgan fingerprint density at radius 2 is 1.94 bits per heavy atom. The van der Waals surface area contributed by atoms with Crippen LogP contribution in [0.25, 0.3) is 0 Å². The Bertz CT molecular complexity index is 253. The molecule has 1 atom stereocenters. The van der Waals surface area contributed by atoms with Crippen LogP contribution in [0.3, 0.4) is 0 Å². The summed E-state index contributed by atoms with van der Waals surface area (Å²) in [7, 11) is -1.75. The van der Waals surface area contributed by atoms with E-state index in [4.69, 9.17) is 9.16 Å². The summed E-state index contributed by atoms with van der Waals surface area (Å²) in [5.41, 5.74) is 0. The number of hydrogen-bond donors (Lipinski definition) is 0. The number of hydrogen-bond acceptors (Lipinski definition) is 3. The van der Waals surface area contributed by atoms with Crippen molar-refractivity contribution in [3.05, 3.63) is 12.7 Å². The maximum absolute atomic E-state index is 11.0. The normalized spacial score (nSPS) is 14.4. The molecule has 3 nitrogen and oxygen atoms in total. The highest BCUT2D eigenvalue weighted by molar-refractivity contribution is 6.74. The van der Waals surface area contributed by atoms with Crippen molar-refractivity contribution in [2.75, 3.05) is 6.61 Å². The minimum absolute atomic E-state index is 0.176. The Morgan fingerprint density at radius 1 is 1.44 bits per heavy atom. The molecule has 0 fully saturated rings. The Balaban J connectivity index is 4.15. The van der Waals surface area contributed by atoms with Gasteiger partial charge in [0.2, 0.25) is 0 Å². The molecule has 0 aliphatic carbocycles. The summed E-state index contributed by atoms with van der Waals surface area (Å²) in [6, 6.07) is 0. The Hall–Kier alpha value is -0.613. The van der Waals surface area contributed by atoms with E-state index in [1.165, 1.54) is 6.08 Å². The molecule has 4 heteroatoms. The van der Waals surface area contributed by atoms with Gasteiger partial charge in [-0.15, -0.1) is 0 Å². The Labute approximate surface area is 100.0 Å². The molecule has 0 aromatic rings. The van der Waals surface area contributed by atoms with Crippen LogP contribution in [-0.2, 0) is 14.0 Å². The molecule has 94 valence electrons. The van der Waals surface area contributed by atoms with Crippen LogP contribution in [0.2, 0.25) is 18.1 Å². The lowest BCUT2D eigenvalue weighted by atomic mass is 10.2. The molecule has 0 bridgehead atoms. The number of ether oxygens (including phenoxy) is 1. The van der Waals surface area contributed by atoms with E-state index >= 15 is 0 Å². The molecule has 0 aromatic carbocycles. The molecule has 0 radical (unpaired) electrons. The largest absolute Gasteiger partial charge is 0.457 e. The summed E-state index contributed by atoms with van der Waals surface area (Å²) in [5, 5.41) is 0.176. The minimum atomic E-state index is -1.75. The molecule has 0 heterocycles. The molecular weight excluding hydrogens is 220 g/mol. The molecule has 0 aliphatic heterocycles. The fraction of sp³-hybridized carbons (Fsp3) is 0.750. The van der Waals surface area contributed by atoms with E-state index in [0.29, 0.717) is 6.61 Å². The van der Waals surface area contributed by atoms with E-state index < -0.39 is 14.3 Å². The van der Waals surface area contributed by atoms with Crippen molar-refractivity contribution in [2.24, 2.45) is 0 Å². The maximum Gasteiger partial charge on any atom is 0.330 e. The van der Waals surface area contributed by atoms with Gasteiger partial charge < -0.3 is 9.16 Å². The summed E-state index contributed by atoms with van der Waals surface area (Å²) in [6.07, 6.45) is 0.947. The highest BCUT2D eigenvalue weighted by Gasteiger charge is 2.37. The number of carbonyl (C=O) groups is 1. The van der Waals surface area contributed by atoms with Gasteiger partial charge in [0.1, 0.15) is 6.10 Å². The molecule has 0 N–H and O–H groups in total. The van der Waals surface area contributed by atoms with Crippen LogP contribution < -0.4 is 0 Å². The fourth-order valence-electron chi connectivity index (χ4n) is 0.823. The summed E-state index contributed by atoms with van der Waals surface area (Å²) in [5.74, 6) is -0.397. The molecular formula is C12H24O3Si. The predicted molar refractivity (Wildman–Crippen MR) is 68.9 cm³/mol. The van der Waals surface area contributed by atoms with Crippen LogP contribution in [0.5, 0.6) is 0 Å². The molecule has 0 aromatic heterocycles. The Morgan fingerprint density at radius 3 is 2.31 bits per heavy atom. The van der Waals surface area contributed by atoms with Gasteiger partial charge in [0.25, 0.3) is 0 Å². The maximum atomic E-state index is 11.0. The second-order valence-electron chi connectivity index (χ2n) is 5.52. The summed E-state index contributed by atoms with van der Waals surface area (Å²) in [4.78, 5) is 11.0. The summed E-state index contributed by atoms with van der Waals surface area (Å²) >= 11 is 0. The molecule has 0 rings (SSSR count). The average molecular weight is 244 g/mol. The second kappa shape index (κ2) is 5.64. The van der Waals surface area contributed by atoms with E-state index in [2.05, 4.69) is 40.4 Å². The van der Waals surface area contributed by atoms with Crippen LogP contribution in [0.15, 0.2) is 12.7 Å². The third-order valence-electron chi connectivity index (χ3n) is 2.97. The van der Waals surface area contributed by atoms with Gasteiger partial charge in [-0.25, -0.2) is 4.79 Å². The van der Waals surface area contributed by atoms with Crippen LogP contribution in [0.4, 0.5) is 0 Å². The molecule has 0 spiro atoms. The van der Waals surface area contributed by atoms with Crippen molar-refractivity contribution in [1.29, 1.82) is 0 Å². The average Bonchev–Trinajstić information content (AvgIpc) is 2.13. The summed E-state index contributed by atoms with van der Waals surface area (Å²) in [6.45, 7) is 16.5. The van der Waals surface area contributed by atoms with Crippen LogP contribution in [0.1, 0.15) is 27.7 Å². The van der Waals surface area contributed by atoms with Crippen molar-refractivity contribution in [3.63, 3.8) is 0 Å². The lowest BCUT2D eigenvalue weighted by molar-refractivity contribution is -0.143. The van der Waals surface area contributed by atoms with Gasteiger partial charge in [0.15, 0.2) is 8.32 Å². The lowest BCUT2D eigenvalue weighted by Gasteiger charge is -2.36. The van der Waals surface area contributed by atoms with Gasteiger partial charge in [0, 0.05) is 6.08 Å². The molecule has 0 aliphatic rings. The third-order valence-corrected chi connectivity index (χ3v) is 7.47. The first-order valence-corrected chi connectivity index (χ1v) is 8.48. The lowest BCUT2D eigenvalue weighted by Crippen LogP contribution is -2.42. The first-order chi connectivity index (χ1) is 7.10. The zero-order valence-electron chi connectivity index (χ0n) is 11.3. The first-order valence-electron chi connectivity index (χ1n) is 5.57. The highest BCUT2D eigenvalue weighted by atomic mass is 28.4. The van der Waals surface area contributed by atoms with Crippen LogP contribution in [-0.4, -0.2) is 27.0 Å². The minimum Gasteiger partial charge on any atom is -0.457 e. The standard InChI is InChI=1S/C12H24O3Si/c1-8-11(13)15-10(2)9-14-16(6,7)12(3,4)5/h8,10H,1,9H2,2-7H3. The van der Waals surface area contributed by atoms with Gasteiger partial charge in [0.05, 0.1) is 6.61 Å². The van der Waals surface area contributed by atoms with E-state index in [1.807, 2.05) is 6.92 Å². The van der Waals surface area contributed by atoms with Crippen molar-refractivity contribution in [2.45, 2.75) is 51.9 Å². The quantitative estimate of drug-likeness (QED) is 0.423. The van der Waals surface area contributed by atoms with Crippen molar-refractivity contribution in [1.82, 2.24) is 0 Å². The van der Waals surface area contributed by atoms with Gasteiger partial charge in [-0.2, -0.15) is 0 Å². The van der Waals surface area contributed by atoms with Gasteiger partial charge in [-0.05, 0) is 25.1 Å². The summed E-state index contributed by atoms with van der Waals surface area (Å²) < 4.78 is 11.0. The SMILES string of the molecule is C=CC(=O)OC(C)CO[Si](C)(C)C(C)(C)C. The zero-order valence-corrected chi connectivity index (χ0v) is 12.3. The van der Waals surface area contributed by atoms with E-state index in [1.54, 1.807) is 0 Å². The third kappa shape index (κ3) is 4.94. The molecule has 0 saturated heterocycles. The van der Waals surface area contributed by atoms with Crippen molar-refractivity contribution < 1.29 is 14.0 Å². The second-order valence-corrected chi connectivity index (χ2v) is 10.3. The topological polar surface area (TPSA) is 35.5 Å². The number of esters is 1. The van der Waals surface area contributed by atoms with E-state index in [0.717, 1.165) is 0 Å². The molecule has 0 saturated carbocycles. The monoisotopic (exact) mass is 244 g/mol. The van der Waals surface area contributed by atoms with Crippen molar-refractivity contribution >= 4 is 14.3 Å².